The van der Waals surface area contributed by atoms with Crippen LogP contribution in [0.1, 0.15) is 50.1 Å². The van der Waals surface area contributed by atoms with Gasteiger partial charge in [-0.05, 0) is 82.5 Å². The summed E-state index contributed by atoms with van der Waals surface area (Å²) in [5, 5.41) is 38.3. The van der Waals surface area contributed by atoms with Crippen LogP contribution >= 0.6 is 0 Å². The van der Waals surface area contributed by atoms with Gasteiger partial charge in [-0.2, -0.15) is 0 Å². The molecule has 2 heterocycles. The molecule has 2 aromatic heterocycles. The molecule has 0 radical (unpaired) electrons. The van der Waals surface area contributed by atoms with Gasteiger partial charge in [0, 0.05) is 32.0 Å². The van der Waals surface area contributed by atoms with E-state index in [0.717, 1.165) is 28.1 Å². The molecular weight excluding hydrogens is 593 g/mol. The van der Waals surface area contributed by atoms with Gasteiger partial charge >= 0.3 is 16.8 Å². The van der Waals surface area contributed by atoms with E-state index in [4.69, 9.17) is 0 Å². The summed E-state index contributed by atoms with van der Waals surface area (Å²) in [4.78, 5) is 10.4. The second-order valence-corrected chi connectivity index (χ2v) is 11.3. The third kappa shape index (κ3) is 8.92. The van der Waals surface area contributed by atoms with Crippen molar-refractivity contribution >= 4 is 0 Å². The first-order valence-electron chi connectivity index (χ1n) is 14.4. The van der Waals surface area contributed by atoms with Crippen LogP contribution in [0, 0.1) is 41.5 Å². The molecule has 0 atom stereocenters. The van der Waals surface area contributed by atoms with E-state index >= 15 is 0 Å². The Morgan fingerprint density at radius 1 is 0.500 bits per heavy atom. The smallest absolute Gasteiger partial charge is 0.872 e. The maximum Gasteiger partial charge on any atom is 3.00 e. The Bertz CT molecular complexity index is 1510. The van der Waals surface area contributed by atoms with Crippen molar-refractivity contribution in [3.05, 3.63) is 135 Å². The van der Waals surface area contributed by atoms with Gasteiger partial charge in [0.1, 0.15) is 0 Å². The Labute approximate surface area is 271 Å². The van der Waals surface area contributed by atoms with Crippen LogP contribution in [-0.4, -0.2) is 14.9 Å². The molecule has 7 heteroatoms. The molecule has 44 heavy (non-hydrogen) atoms. The molecule has 0 aliphatic carbocycles. The van der Waals surface area contributed by atoms with E-state index in [9.17, 15) is 15.3 Å². The van der Waals surface area contributed by atoms with Crippen LogP contribution in [0.3, 0.4) is 0 Å². The first-order valence-corrected chi connectivity index (χ1v) is 14.4. The van der Waals surface area contributed by atoms with Crippen molar-refractivity contribution in [3.63, 3.8) is 0 Å². The zero-order valence-electron chi connectivity index (χ0n) is 26.1. The number of benzene rings is 3. The Morgan fingerprint density at radius 2 is 0.818 bits per heavy atom. The van der Waals surface area contributed by atoms with Gasteiger partial charge in [-0.15, -0.1) is 17.2 Å². The number of pyridine rings is 2. The normalized spacial score (nSPS) is 10.6. The molecule has 0 unspecified atom stereocenters. The maximum atomic E-state index is 12.8. The van der Waals surface area contributed by atoms with Gasteiger partial charge in [-0.25, -0.2) is 0 Å². The molecule has 0 aliphatic rings. The fourth-order valence-corrected chi connectivity index (χ4v) is 5.40. The van der Waals surface area contributed by atoms with Crippen LogP contribution in [0.5, 0.6) is 17.2 Å². The summed E-state index contributed by atoms with van der Waals surface area (Å²) in [5.74, 6) is 0.0448. The van der Waals surface area contributed by atoms with Gasteiger partial charge in [-0.3, -0.25) is 14.9 Å². The molecule has 3 aromatic carbocycles. The van der Waals surface area contributed by atoms with Crippen LogP contribution < -0.4 is 15.3 Å². The maximum absolute atomic E-state index is 12.8. The predicted molar refractivity (Wildman–Crippen MR) is 167 cm³/mol. The van der Waals surface area contributed by atoms with Crippen molar-refractivity contribution in [1.29, 1.82) is 0 Å². The minimum Gasteiger partial charge on any atom is -0.872 e. The van der Waals surface area contributed by atoms with Crippen molar-refractivity contribution in [1.82, 2.24) is 14.9 Å². The molecular formula is C37H38CoN3O3. The van der Waals surface area contributed by atoms with Crippen molar-refractivity contribution in [2.24, 2.45) is 0 Å². The van der Waals surface area contributed by atoms with Crippen LogP contribution in [-0.2, 0) is 36.4 Å². The van der Waals surface area contributed by atoms with Gasteiger partial charge in [0.05, 0.1) is 11.4 Å². The average Bonchev–Trinajstić information content (AvgIpc) is 2.98. The molecule has 0 saturated carbocycles. The molecule has 0 N–H and O–H groups in total. The molecule has 0 fully saturated rings. The van der Waals surface area contributed by atoms with E-state index in [-0.39, 0.29) is 34.0 Å². The van der Waals surface area contributed by atoms with Crippen molar-refractivity contribution in [3.8, 4) is 28.6 Å². The summed E-state index contributed by atoms with van der Waals surface area (Å²) >= 11 is 0. The minimum atomic E-state index is 0. The predicted octanol–water partition coefficient (Wildman–Crippen LogP) is 6.10. The third-order valence-corrected chi connectivity index (χ3v) is 7.26. The van der Waals surface area contributed by atoms with Gasteiger partial charge in [-0.1, -0.05) is 81.9 Å². The molecule has 5 rings (SSSR count). The molecule has 0 amide bonds. The van der Waals surface area contributed by atoms with Gasteiger partial charge < -0.3 is 15.3 Å². The molecule has 0 spiro atoms. The monoisotopic (exact) mass is 631 g/mol. The van der Waals surface area contributed by atoms with Crippen molar-refractivity contribution < 1.29 is 32.1 Å². The van der Waals surface area contributed by atoms with Crippen LogP contribution in [0.4, 0.5) is 0 Å². The first-order chi connectivity index (χ1) is 20.5. The summed E-state index contributed by atoms with van der Waals surface area (Å²) in [7, 11) is 0. The largest absolute Gasteiger partial charge is 3.00 e. The number of hydrogen-bond acceptors (Lipinski definition) is 6. The molecule has 0 bridgehead atoms. The van der Waals surface area contributed by atoms with Gasteiger partial charge in [0.2, 0.25) is 0 Å². The quantitative estimate of drug-likeness (QED) is 0.215. The second kappa shape index (κ2) is 15.5. The SMILES string of the molecule is Cc1cc(C)c([O-])c(CN(Cc2cc(C)cc(C)c2[O-])Cc2cc(C)cc(C)c2[O-])c1.[Co+3].c1ccc(-c2ccccn2)nc1. The Morgan fingerprint density at radius 3 is 1.09 bits per heavy atom. The van der Waals surface area contributed by atoms with E-state index in [2.05, 4.69) is 9.97 Å². The summed E-state index contributed by atoms with van der Waals surface area (Å²) in [6.45, 7) is 12.5. The van der Waals surface area contributed by atoms with Crippen molar-refractivity contribution in [2.75, 3.05) is 0 Å². The zero-order chi connectivity index (χ0) is 31.1. The van der Waals surface area contributed by atoms with Crippen LogP contribution in [0.15, 0.2) is 85.2 Å². The molecule has 0 aliphatic heterocycles. The molecule has 5 aromatic rings. The molecule has 6 nitrogen and oxygen atoms in total. The number of nitrogens with zero attached hydrogens (tertiary/aromatic N) is 3. The van der Waals surface area contributed by atoms with Gasteiger partial charge in [0.25, 0.3) is 0 Å². The number of hydrogen-bond donors (Lipinski definition) is 0. The Hall–Kier alpha value is -4.17. The second-order valence-electron chi connectivity index (χ2n) is 11.3. The first kappa shape index (κ1) is 34.3. The standard InChI is InChI=1S/C27H33NO3.C10H8N2.Co/c1-16-7-19(4)25(29)22(10-16)13-28(14-23-11-17(2)8-20(5)26(23)30)15-24-12-18(3)9-21(6)27(24)31;1-3-7-11-9(5-1)10-6-2-4-8-12-10;/h7-12,29-31H,13-15H2,1-6H3;1-8H;/q;;+3/p-3. The molecule has 0 saturated heterocycles. The molecule has 228 valence electrons. The van der Waals surface area contributed by atoms with E-state index in [1.807, 2.05) is 119 Å². The van der Waals surface area contributed by atoms with Crippen molar-refractivity contribution in [2.45, 2.75) is 61.2 Å². The summed E-state index contributed by atoms with van der Waals surface area (Å²) in [5.41, 5.74) is 9.10. The fourth-order valence-electron chi connectivity index (χ4n) is 5.40. The van der Waals surface area contributed by atoms with E-state index in [0.29, 0.717) is 53.0 Å². The summed E-state index contributed by atoms with van der Waals surface area (Å²) in [6, 6.07) is 23.0. The number of aromatic nitrogens is 2. The number of rotatable bonds is 7. The van der Waals surface area contributed by atoms with Crippen LogP contribution in [0.2, 0.25) is 0 Å². The fraction of sp³-hybridized carbons (Fsp3) is 0.243. The average molecular weight is 632 g/mol. The topological polar surface area (TPSA) is 98.2 Å². The van der Waals surface area contributed by atoms with E-state index in [1.54, 1.807) is 12.4 Å². The Balaban J connectivity index is 0.000000339. The van der Waals surface area contributed by atoms with E-state index in [1.165, 1.54) is 0 Å². The summed E-state index contributed by atoms with van der Waals surface area (Å²) < 4.78 is 0. The van der Waals surface area contributed by atoms with Gasteiger partial charge in [0.15, 0.2) is 0 Å². The zero-order valence-corrected chi connectivity index (χ0v) is 27.1. The summed E-state index contributed by atoms with van der Waals surface area (Å²) in [6.07, 6.45) is 3.54. The minimum absolute atomic E-state index is 0. The Kier molecular flexibility index (Phi) is 12.1. The van der Waals surface area contributed by atoms with E-state index < -0.39 is 0 Å². The van der Waals surface area contributed by atoms with Crippen LogP contribution in [0.25, 0.3) is 11.4 Å². The number of aryl methyl sites for hydroxylation is 6. The third-order valence-electron chi connectivity index (χ3n) is 7.26.